The van der Waals surface area contributed by atoms with Crippen LogP contribution in [0.1, 0.15) is 67.2 Å². The first-order valence-corrected chi connectivity index (χ1v) is 15.4. The summed E-state index contributed by atoms with van der Waals surface area (Å²) in [5.74, 6) is -3.70. The van der Waals surface area contributed by atoms with E-state index in [-0.39, 0.29) is 35.2 Å². The molecule has 1 spiro atoms. The van der Waals surface area contributed by atoms with Crippen LogP contribution in [0.25, 0.3) is 0 Å². The molecule has 5 saturated heterocycles. The summed E-state index contributed by atoms with van der Waals surface area (Å²) >= 11 is 0. The zero-order valence-corrected chi connectivity index (χ0v) is 26.2. The molecule has 2 bridgehead atoms. The minimum Gasteiger partial charge on any atom is -0.507 e. The molecule has 11 heteroatoms. The van der Waals surface area contributed by atoms with E-state index in [1.165, 1.54) is 18.0 Å². The maximum absolute atomic E-state index is 13.6. The molecule has 3 N–H and O–H groups in total. The molecule has 5 aliphatic heterocycles. The maximum atomic E-state index is 13.6. The van der Waals surface area contributed by atoms with Gasteiger partial charge < -0.3 is 39.4 Å². The van der Waals surface area contributed by atoms with Crippen molar-refractivity contribution < 1.29 is 43.5 Å². The highest BCUT2D eigenvalue weighted by molar-refractivity contribution is 6.27. The summed E-state index contributed by atoms with van der Waals surface area (Å²) in [6.45, 7) is 12.0. The van der Waals surface area contributed by atoms with Crippen LogP contribution < -0.4 is 5.32 Å². The molecule has 0 radical (unpaired) electrons. The number of ketones is 1. The van der Waals surface area contributed by atoms with Crippen LogP contribution in [0.5, 0.6) is 0 Å². The third-order valence-corrected chi connectivity index (χ3v) is 10.1. The Bertz CT molecular complexity index is 1240. The van der Waals surface area contributed by atoms with Crippen LogP contribution in [0.15, 0.2) is 35.1 Å². The highest BCUT2D eigenvalue weighted by Gasteiger charge is 2.67. The van der Waals surface area contributed by atoms with E-state index in [4.69, 9.17) is 18.9 Å². The van der Waals surface area contributed by atoms with Gasteiger partial charge in [0.2, 0.25) is 5.91 Å². The first kappa shape index (κ1) is 31.8. The number of aliphatic hydroxyl groups is 2. The first-order valence-electron chi connectivity index (χ1n) is 15.4. The van der Waals surface area contributed by atoms with Gasteiger partial charge >= 0.3 is 0 Å². The van der Waals surface area contributed by atoms with E-state index in [1.807, 2.05) is 19.9 Å². The number of allylic oxidation sites excluding steroid dienone is 3. The second kappa shape index (κ2) is 11.7. The zero-order valence-electron chi connectivity index (χ0n) is 26.2. The van der Waals surface area contributed by atoms with Crippen LogP contribution >= 0.6 is 0 Å². The molecule has 0 aromatic carbocycles. The molecule has 0 unspecified atom stereocenters. The number of rotatable bonds is 7. The number of aliphatic hydroxyl groups excluding tert-OH is 2. The summed E-state index contributed by atoms with van der Waals surface area (Å²) in [7, 11) is 1.46. The molecule has 0 aromatic rings. The van der Waals surface area contributed by atoms with Crippen molar-refractivity contribution in [1.29, 1.82) is 0 Å². The lowest BCUT2D eigenvalue weighted by Crippen LogP contribution is -2.63. The number of nitrogens with one attached hydrogen (secondary N) is 1. The van der Waals surface area contributed by atoms with Crippen molar-refractivity contribution in [1.82, 2.24) is 10.2 Å². The van der Waals surface area contributed by atoms with Crippen molar-refractivity contribution >= 4 is 17.6 Å². The summed E-state index contributed by atoms with van der Waals surface area (Å²) in [4.78, 5) is 41.1. The van der Waals surface area contributed by atoms with Gasteiger partial charge in [-0.2, -0.15) is 0 Å². The van der Waals surface area contributed by atoms with Crippen molar-refractivity contribution in [2.75, 3.05) is 13.7 Å². The topological polar surface area (TPSA) is 147 Å². The third kappa shape index (κ3) is 5.59. The smallest absolute Gasteiger partial charge is 0.264 e. The summed E-state index contributed by atoms with van der Waals surface area (Å²) in [5, 5.41) is 23.7. The van der Waals surface area contributed by atoms with Gasteiger partial charge in [-0.25, -0.2) is 0 Å². The number of nitrogens with zero attached hydrogens (tertiary/aromatic N) is 1. The van der Waals surface area contributed by atoms with Crippen LogP contribution in [0.2, 0.25) is 0 Å². The van der Waals surface area contributed by atoms with Gasteiger partial charge in [-0.1, -0.05) is 38.5 Å². The molecular weight excluding hydrogens is 556 g/mol. The Balaban J connectivity index is 1.36. The molecule has 238 valence electrons. The zero-order chi connectivity index (χ0) is 31.4. The quantitative estimate of drug-likeness (QED) is 0.132. The Hall–Kier alpha value is -2.57. The first-order chi connectivity index (χ1) is 20.2. The number of hydrogen-bond donors (Lipinski definition) is 3. The van der Waals surface area contributed by atoms with Gasteiger partial charge in [-0.15, -0.1) is 0 Å². The number of carbonyl (C=O) groups is 3. The van der Waals surface area contributed by atoms with E-state index in [1.54, 1.807) is 19.9 Å². The number of ether oxygens (including phenoxy) is 4. The fourth-order valence-corrected chi connectivity index (χ4v) is 7.26. The Morgan fingerprint density at radius 1 is 1.14 bits per heavy atom. The number of carbonyl (C=O) groups excluding carboxylic acids is 3. The van der Waals surface area contributed by atoms with Gasteiger partial charge in [0.25, 0.3) is 5.91 Å². The summed E-state index contributed by atoms with van der Waals surface area (Å²) in [6.07, 6.45) is 5.51. The lowest BCUT2D eigenvalue weighted by Gasteiger charge is -2.53. The molecule has 11 atom stereocenters. The Morgan fingerprint density at radius 3 is 2.47 bits per heavy atom. The maximum Gasteiger partial charge on any atom is 0.264 e. The summed E-state index contributed by atoms with van der Waals surface area (Å²) < 4.78 is 24.5. The molecule has 0 saturated carbocycles. The predicted octanol–water partition coefficient (Wildman–Crippen LogP) is 2.68. The highest BCUT2D eigenvalue weighted by atomic mass is 16.8. The lowest BCUT2D eigenvalue weighted by atomic mass is 9.78. The van der Waals surface area contributed by atoms with Gasteiger partial charge in [0.05, 0.1) is 36.9 Å². The van der Waals surface area contributed by atoms with Crippen LogP contribution in [-0.4, -0.2) is 94.4 Å². The molecule has 43 heavy (non-hydrogen) atoms. The van der Waals surface area contributed by atoms with E-state index in [0.717, 1.165) is 18.4 Å². The van der Waals surface area contributed by atoms with Gasteiger partial charge in [0, 0.05) is 18.9 Å². The SMILES string of the molecule is CNC(=O)[C@@H](C)[C@H]1C(=O)\C(=C(O)/C=C/C(C)=C/[C@@H](C)[C@H]2O[C@@]3(C)O[C@@H](CC[C@@]34CO4)[C@@H]2C)C(=O)N1[C@@H]1CC[C@H](O)[C@H](C)O1. The molecule has 5 fully saturated rings. The molecule has 5 rings (SSSR count). The van der Waals surface area contributed by atoms with E-state index in [2.05, 4.69) is 19.2 Å². The van der Waals surface area contributed by atoms with Gasteiger partial charge in [0.15, 0.2) is 11.6 Å². The molecule has 2 amide bonds. The molecular formula is C32H46N2O9. The number of epoxide rings is 1. The summed E-state index contributed by atoms with van der Waals surface area (Å²) in [5.41, 5.74) is 0.0790. The standard InChI is InChI=1S/C32H46N2O9/c1-16(14-17(2)28-18(3)23-12-13-32(15-40-32)31(6,42-23)43-28)8-9-22(36)25-27(37)26(19(4)29(38)33-7)34(30(25)39)24-11-10-21(35)20(5)41-24/h8-9,14,17-21,23-24,26,28,35-36H,10-13,15H2,1-7H3,(H,33,38)/b9-8+,16-14+,25-22-/t17-,18+,19+,20+,21+,23+,24+,26+,28-,31-,32-/m1/s1. The van der Waals surface area contributed by atoms with Gasteiger partial charge in [0.1, 0.15) is 29.2 Å². The van der Waals surface area contributed by atoms with Crippen molar-refractivity contribution in [2.45, 2.75) is 115 Å². The highest BCUT2D eigenvalue weighted by Crippen LogP contribution is 2.55. The number of hydrogen-bond acceptors (Lipinski definition) is 9. The monoisotopic (exact) mass is 602 g/mol. The van der Waals surface area contributed by atoms with Crippen molar-refractivity contribution in [3.8, 4) is 0 Å². The molecule has 11 nitrogen and oxygen atoms in total. The third-order valence-electron chi connectivity index (χ3n) is 10.1. The van der Waals surface area contributed by atoms with Crippen LogP contribution in [0.4, 0.5) is 0 Å². The second-order valence-corrected chi connectivity index (χ2v) is 13.1. The average molecular weight is 603 g/mol. The average Bonchev–Trinajstić information content (AvgIpc) is 3.71. The van der Waals surface area contributed by atoms with Crippen molar-refractivity contribution in [3.05, 3.63) is 35.1 Å². The van der Waals surface area contributed by atoms with Crippen LogP contribution in [-0.2, 0) is 33.3 Å². The van der Waals surface area contributed by atoms with E-state index < -0.39 is 59.5 Å². The fraction of sp³-hybridized carbons (Fsp3) is 0.719. The van der Waals surface area contributed by atoms with Gasteiger partial charge in [-0.05, 0) is 52.5 Å². The molecule has 5 aliphatic rings. The molecule has 0 aromatic heterocycles. The van der Waals surface area contributed by atoms with Crippen molar-refractivity contribution in [3.63, 3.8) is 0 Å². The summed E-state index contributed by atoms with van der Waals surface area (Å²) in [6, 6.07) is -1.14. The van der Waals surface area contributed by atoms with E-state index in [0.29, 0.717) is 19.4 Å². The Labute approximate surface area is 253 Å². The number of amides is 2. The van der Waals surface area contributed by atoms with Crippen LogP contribution in [0.3, 0.4) is 0 Å². The molecule has 0 aliphatic carbocycles. The minimum atomic E-state index is -1.14. The van der Waals surface area contributed by atoms with Gasteiger partial charge in [-0.3, -0.25) is 14.4 Å². The largest absolute Gasteiger partial charge is 0.507 e. The van der Waals surface area contributed by atoms with Crippen LogP contribution in [0, 0.1) is 17.8 Å². The number of fused-ring (bicyclic) bond motifs is 3. The lowest BCUT2D eigenvalue weighted by molar-refractivity contribution is -0.373. The van der Waals surface area contributed by atoms with E-state index in [9.17, 15) is 24.6 Å². The van der Waals surface area contributed by atoms with Crippen molar-refractivity contribution in [2.24, 2.45) is 17.8 Å². The number of Topliss-reactive ketones (excluding diaryl/α,β-unsaturated/α-hetero) is 1. The second-order valence-electron chi connectivity index (χ2n) is 13.1. The predicted molar refractivity (Wildman–Crippen MR) is 155 cm³/mol. The minimum absolute atomic E-state index is 0.0119. The number of likely N-dealkylation sites (tertiary alicyclic amines) is 1. The fourth-order valence-electron chi connectivity index (χ4n) is 7.26. The molecule has 5 heterocycles. The Kier molecular flexibility index (Phi) is 8.69. The normalized spacial score (nSPS) is 42.4. The Morgan fingerprint density at radius 2 is 1.84 bits per heavy atom. The van der Waals surface area contributed by atoms with E-state index >= 15 is 0 Å².